The van der Waals surface area contributed by atoms with Gasteiger partial charge in [-0.25, -0.2) is 0 Å². The Hall–Kier alpha value is -8.80. The van der Waals surface area contributed by atoms with Gasteiger partial charge in [-0.3, -0.25) is 0 Å². The zero-order chi connectivity index (χ0) is 118. The van der Waals surface area contributed by atoms with Crippen molar-refractivity contribution in [3.8, 4) is 69.0 Å². The standard InChI is InChI=1S/3C22H30O4.C21H28O4/c3*1-16-9-11-20(13-17(16)2)26-15-19(23)8-6-5-7-18-10-12-21(24-3)22(14-18)25-4;1-16-7-6-10-19(13-16)25-15-18(22)9-5-4-8-17-11-12-20(23-2)21(14-17)24-3/h3*9-14,19,23H,5-8,15H2,1-4H3;6-7,10-14,18,22H,4-5,8-9,15H2,1-3H3/i3D3,4D3,8D2,9D,10D,11D,12D,13D,14D,15D2;4D3,8D2,9D,10D,11D,12D,13D,14D,15D2;8D2,9D,10D,11D,12D,13D,14D,15D2;6D,7D,9D2,10D,11D,12D,13D,14D,15D2. The largest absolute Gasteiger partial charge is 0.493 e. The van der Waals surface area contributed by atoms with Gasteiger partial charge in [0.25, 0.3) is 0 Å². The molecule has 8 aromatic rings. The molecule has 0 heterocycles. The average Bonchev–Trinajstić information content (AvgIpc) is 0.775. The summed E-state index contributed by atoms with van der Waals surface area (Å²) in [6, 6.07) is -11.3. The molecule has 0 saturated carbocycles. The third kappa shape index (κ3) is 31.8. The molecule has 0 aliphatic rings. The van der Waals surface area contributed by atoms with Gasteiger partial charge in [-0.1, -0.05) is 80.1 Å². The number of hydrogen-bond donors (Lipinski definition) is 4. The third-order valence-corrected chi connectivity index (χ3v) is 13.8. The number of aliphatic hydroxyl groups is 4. The first kappa shape index (κ1) is 37.3. The van der Waals surface area contributed by atoms with Crippen LogP contribution in [-0.2, 0) is 25.7 Å². The molecule has 4 atom stereocenters. The van der Waals surface area contributed by atoms with Gasteiger partial charge >= 0.3 is 0 Å². The summed E-state index contributed by atoms with van der Waals surface area (Å²) in [6.07, 6.45) is -23.2. The second kappa shape index (κ2) is 47.5. The summed E-state index contributed by atoms with van der Waals surface area (Å²) in [7, 11) is -3.05. The maximum absolute atomic E-state index is 10.6. The highest BCUT2D eigenvalue weighted by Gasteiger charge is 2.14. The van der Waals surface area contributed by atoms with Crippen LogP contribution < -0.4 is 56.8 Å². The van der Waals surface area contributed by atoms with E-state index in [1.54, 1.807) is 6.92 Å². The van der Waals surface area contributed by atoms with Crippen molar-refractivity contribution >= 4 is 0 Å². The van der Waals surface area contributed by atoms with Crippen LogP contribution in [0.25, 0.3) is 0 Å². The minimum absolute atomic E-state index is 0.0132. The van der Waals surface area contributed by atoms with Gasteiger partial charge in [0.2, 0.25) is 0 Å². The Morgan fingerprint density at radius 1 is 0.291 bits per heavy atom. The van der Waals surface area contributed by atoms with E-state index in [1.807, 2.05) is 0 Å². The highest BCUT2D eigenvalue weighted by atomic mass is 16.5. The smallest absolute Gasteiger partial charge is 0.160 e. The van der Waals surface area contributed by atoms with Crippen molar-refractivity contribution in [2.75, 3.05) is 82.9 Å². The van der Waals surface area contributed by atoms with Crippen molar-refractivity contribution < 1.29 is 146 Å². The SMILES string of the molecule is [2H]c1c([2H])c(C)c([2H])c(OC([2H])([2H])C(O)C([2H])([2H])CCCc2c([2H])c([2H])c(OC)c(OC)c2[2H])c1[2H].[2H]c1c([2H])c(OC([2H])([2H])C(O)C([2H])([2H])CCCc2c([2H])c([2H])c(OC([2H])([2H])[2H])c(OC([2H])([2H])[2H])c2[2H])c([2H])c(C)c1C.[2H]c1c([2H])c(OC([2H])([2H])C(O)C([2H])([2H])CCCc2c([2H])c([2H])c(OC)c(OC([2H])([2H])[2H])c2[2H])c([2H])c(C)c1C.[2H]c1c([2H])c(OC([2H])([2H])C(O)C([2H])([2H])CCCc2c([2H])c([2H])c(OC)c(OC)c2[2H])c([2H])c(C)c1C. The number of rotatable bonds is 40. The Morgan fingerprint density at radius 3 is 0.835 bits per heavy atom. The van der Waals surface area contributed by atoms with E-state index in [1.165, 1.54) is 70.0 Å². The summed E-state index contributed by atoms with van der Waals surface area (Å²) in [4.78, 5) is 0. The van der Waals surface area contributed by atoms with E-state index < -0.39 is 247 Å². The van der Waals surface area contributed by atoms with E-state index in [4.69, 9.17) is 121 Å². The van der Waals surface area contributed by atoms with Crippen LogP contribution in [0.15, 0.2) is 151 Å². The molecule has 0 amide bonds. The molecule has 562 valence electrons. The lowest BCUT2D eigenvalue weighted by molar-refractivity contribution is 0.0975. The molecule has 0 radical (unpaired) electrons. The highest BCUT2D eigenvalue weighted by Crippen LogP contribution is 2.32. The normalized spacial score (nSPS) is 20.3. The van der Waals surface area contributed by atoms with E-state index in [9.17, 15) is 20.4 Å². The third-order valence-electron chi connectivity index (χ3n) is 13.8. The molecule has 103 heavy (non-hydrogen) atoms. The molecule has 0 spiro atoms. The molecule has 8 rings (SSSR count). The zero-order valence-electron chi connectivity index (χ0n) is 109. The van der Waals surface area contributed by atoms with Crippen LogP contribution in [0.1, 0.15) is 207 Å². The van der Waals surface area contributed by atoms with Crippen LogP contribution in [0.4, 0.5) is 0 Å². The first-order chi connectivity index (χ1) is 69.6. The maximum atomic E-state index is 10.6. The fourth-order valence-electron chi connectivity index (χ4n) is 7.97. The molecule has 16 nitrogen and oxygen atoms in total. The molecule has 0 aliphatic carbocycles. The Balaban J connectivity index is 0.000000359. The van der Waals surface area contributed by atoms with Crippen molar-refractivity contribution in [3.63, 3.8) is 0 Å². The van der Waals surface area contributed by atoms with Gasteiger partial charge in [0.1, 0.15) is 49.2 Å². The molecule has 16 heteroatoms. The molecular weight excluding hydrogens is 1300 g/mol. The van der Waals surface area contributed by atoms with Gasteiger partial charge in [0.15, 0.2) is 46.0 Å². The molecule has 0 aromatic heterocycles. The second-order valence-electron chi connectivity index (χ2n) is 21.4. The molecular formula is C87H118O16. The van der Waals surface area contributed by atoms with E-state index in [2.05, 4.69) is 4.74 Å². The fourth-order valence-corrected chi connectivity index (χ4v) is 7.97. The summed E-state index contributed by atoms with van der Waals surface area (Å²) in [5.74, 6) is -5.55. The lowest BCUT2D eigenvalue weighted by Crippen LogP contribution is -2.17. The fraction of sp³-hybridized carbons (Fsp3) is 0.448. The Labute approximate surface area is 685 Å². The van der Waals surface area contributed by atoms with Gasteiger partial charge in [0, 0.05) is 11.0 Å². The Kier molecular flexibility index (Phi) is 17.2. The lowest BCUT2D eigenvalue weighted by Gasteiger charge is -2.13. The first-order valence-electron chi connectivity index (χ1n) is 56.6. The van der Waals surface area contributed by atoms with Gasteiger partial charge in [-0.15, -0.1) is 0 Å². The molecule has 0 fully saturated rings. The number of hydrogen-bond acceptors (Lipinski definition) is 16. The number of methoxy groups -OCH3 is 8. The summed E-state index contributed by atoms with van der Waals surface area (Å²) in [5.41, 5.74) is 1.58. The molecule has 8 aromatic carbocycles. The van der Waals surface area contributed by atoms with Crippen LogP contribution >= 0.6 is 0 Å². The van der Waals surface area contributed by atoms with E-state index in [0.717, 1.165) is 7.11 Å². The average molecular weight is 1470 g/mol. The van der Waals surface area contributed by atoms with Gasteiger partial charge in [-0.2, -0.15) is 0 Å². The summed E-state index contributed by atoms with van der Waals surface area (Å²) in [6.45, 7) is -2.05. The van der Waals surface area contributed by atoms with Crippen molar-refractivity contribution in [3.05, 3.63) is 212 Å². The van der Waals surface area contributed by atoms with Crippen molar-refractivity contribution in [1.82, 2.24) is 0 Å². The van der Waals surface area contributed by atoms with E-state index >= 15 is 0 Å². The van der Waals surface area contributed by atoms with E-state index in [0.29, 0.717) is 22.3 Å². The van der Waals surface area contributed by atoms with E-state index in [-0.39, 0.29) is 186 Å². The second-order valence-corrected chi connectivity index (χ2v) is 21.4. The first-order valence-corrected chi connectivity index (χ1v) is 31.6. The summed E-state index contributed by atoms with van der Waals surface area (Å²) >= 11 is 0. The Bertz CT molecular complexity index is 6020. The van der Waals surface area contributed by atoms with Crippen LogP contribution in [0, 0.1) is 48.5 Å². The maximum Gasteiger partial charge on any atom is 0.160 e. The number of ether oxygens (including phenoxy) is 12. The van der Waals surface area contributed by atoms with Crippen molar-refractivity contribution in [1.29, 1.82) is 0 Å². The molecule has 0 bridgehead atoms. The summed E-state index contributed by atoms with van der Waals surface area (Å²) in [5, 5.41) is 42.3. The van der Waals surface area contributed by atoms with Crippen LogP contribution in [0.3, 0.4) is 0 Å². The van der Waals surface area contributed by atoms with Gasteiger partial charge in [0.05, 0.1) is 139 Å². The molecule has 0 saturated heterocycles. The topological polar surface area (TPSA) is 192 Å². The number of aliphatic hydroxyl groups excluding tert-OH is 4. The minimum Gasteiger partial charge on any atom is -0.493 e. The Morgan fingerprint density at radius 2 is 0.553 bits per heavy atom. The molecule has 0 aliphatic heterocycles. The number of benzene rings is 8. The zero-order valence-corrected chi connectivity index (χ0v) is 59.0. The van der Waals surface area contributed by atoms with Crippen LogP contribution in [-0.4, -0.2) is 128 Å². The predicted molar refractivity (Wildman–Crippen MR) is 413 cm³/mol. The van der Waals surface area contributed by atoms with Crippen molar-refractivity contribution in [2.45, 2.75) is 175 Å². The van der Waals surface area contributed by atoms with Crippen LogP contribution in [0.5, 0.6) is 69.0 Å². The van der Waals surface area contributed by atoms with Crippen molar-refractivity contribution in [2.24, 2.45) is 0 Å². The highest BCUT2D eigenvalue weighted by molar-refractivity contribution is 5.46. The summed E-state index contributed by atoms with van der Waals surface area (Å²) < 4.78 is 458. The van der Waals surface area contributed by atoms with Crippen LogP contribution in [0.2, 0.25) is 0 Å². The lowest BCUT2D eigenvalue weighted by atomic mass is 10.0. The molecule has 4 unspecified atom stereocenters. The minimum atomic E-state index is -3.18. The monoisotopic (exact) mass is 1470 g/mol. The molecule has 4 N–H and O–H groups in total. The van der Waals surface area contributed by atoms with Gasteiger partial charge < -0.3 is 77.3 Å². The predicted octanol–water partition coefficient (Wildman–Crippen LogP) is 17.6. The van der Waals surface area contributed by atoms with Gasteiger partial charge in [-0.05, 0) is 283 Å². The quantitative estimate of drug-likeness (QED) is 0.0283.